The molecule has 1 saturated heterocycles. The molecular formula is C13H19FN2O2S2. The maximum Gasteiger partial charge on any atom is 0.243 e. The van der Waals surface area contributed by atoms with E-state index in [1.165, 1.54) is 16.4 Å². The Labute approximate surface area is 123 Å². The first-order chi connectivity index (χ1) is 9.25. The first-order valence-electron chi connectivity index (χ1n) is 6.44. The smallest absolute Gasteiger partial charge is 0.243 e. The average Bonchev–Trinajstić information content (AvgIpc) is 2.36. The van der Waals surface area contributed by atoms with Gasteiger partial charge < -0.3 is 5.73 Å². The maximum atomic E-state index is 13.4. The first kappa shape index (κ1) is 15.6. The van der Waals surface area contributed by atoms with Gasteiger partial charge in [-0.25, -0.2) is 12.8 Å². The molecule has 4 nitrogen and oxygen atoms in total. The van der Waals surface area contributed by atoms with Crippen LogP contribution in [-0.4, -0.2) is 36.3 Å². The minimum atomic E-state index is -3.64. The lowest BCUT2D eigenvalue weighted by Gasteiger charge is -2.36. The number of sulfonamides is 1. The predicted molar refractivity (Wildman–Crippen MR) is 80.8 cm³/mol. The van der Waals surface area contributed by atoms with E-state index in [1.54, 1.807) is 18.7 Å². The number of nitrogens with zero attached hydrogens (tertiary/aromatic N) is 1. The van der Waals surface area contributed by atoms with E-state index >= 15 is 0 Å². The summed E-state index contributed by atoms with van der Waals surface area (Å²) in [4.78, 5) is 0.0994. The van der Waals surface area contributed by atoms with E-state index < -0.39 is 15.8 Å². The van der Waals surface area contributed by atoms with Crippen molar-refractivity contribution in [2.45, 2.75) is 37.0 Å². The van der Waals surface area contributed by atoms with E-state index in [4.69, 9.17) is 5.73 Å². The summed E-state index contributed by atoms with van der Waals surface area (Å²) in [7, 11) is -3.64. The Morgan fingerprint density at radius 3 is 2.70 bits per heavy atom. The SMILES string of the molecule is Cc1cc(F)c(N)cc1S(=O)(=O)N1CCSC(C)C1C. The molecule has 7 heteroatoms. The highest BCUT2D eigenvalue weighted by Gasteiger charge is 2.35. The van der Waals surface area contributed by atoms with Crippen LogP contribution in [0.25, 0.3) is 0 Å². The molecule has 0 saturated carbocycles. The summed E-state index contributed by atoms with van der Waals surface area (Å²) >= 11 is 1.76. The average molecular weight is 318 g/mol. The summed E-state index contributed by atoms with van der Waals surface area (Å²) in [5.74, 6) is 0.178. The molecule has 1 aliphatic heterocycles. The Hall–Kier alpha value is -0.790. The number of hydrogen-bond donors (Lipinski definition) is 1. The Kier molecular flexibility index (Phi) is 4.32. The van der Waals surface area contributed by atoms with Crippen molar-refractivity contribution in [1.82, 2.24) is 4.31 Å². The molecule has 0 aromatic heterocycles. The van der Waals surface area contributed by atoms with Crippen molar-refractivity contribution in [3.05, 3.63) is 23.5 Å². The fraction of sp³-hybridized carbons (Fsp3) is 0.538. The van der Waals surface area contributed by atoms with Crippen LogP contribution < -0.4 is 5.73 Å². The van der Waals surface area contributed by atoms with Crippen LogP contribution in [0.1, 0.15) is 19.4 Å². The normalized spacial score (nSPS) is 24.8. The summed E-state index contributed by atoms with van der Waals surface area (Å²) in [6.45, 7) is 5.97. The predicted octanol–water partition coefficient (Wildman–Crippen LogP) is 2.23. The van der Waals surface area contributed by atoms with E-state index in [-0.39, 0.29) is 21.9 Å². The minimum Gasteiger partial charge on any atom is -0.396 e. The molecule has 2 rings (SSSR count). The molecule has 112 valence electrons. The summed E-state index contributed by atoms with van der Waals surface area (Å²) in [5.41, 5.74) is 5.76. The molecule has 1 aromatic carbocycles. The number of halogens is 1. The molecule has 1 fully saturated rings. The first-order valence-corrected chi connectivity index (χ1v) is 8.93. The van der Waals surface area contributed by atoms with E-state index in [9.17, 15) is 12.8 Å². The number of anilines is 1. The van der Waals surface area contributed by atoms with E-state index in [0.717, 1.165) is 5.75 Å². The summed E-state index contributed by atoms with van der Waals surface area (Å²) in [6, 6.07) is 2.30. The van der Waals surface area contributed by atoms with Gasteiger partial charge in [0, 0.05) is 23.6 Å². The number of hydrogen-bond acceptors (Lipinski definition) is 4. The summed E-state index contributed by atoms with van der Waals surface area (Å²) in [6.07, 6.45) is 0. The van der Waals surface area contributed by atoms with Gasteiger partial charge in [0.15, 0.2) is 0 Å². The minimum absolute atomic E-state index is 0.0931. The van der Waals surface area contributed by atoms with Gasteiger partial charge in [0.25, 0.3) is 0 Å². The highest BCUT2D eigenvalue weighted by atomic mass is 32.2. The largest absolute Gasteiger partial charge is 0.396 e. The summed E-state index contributed by atoms with van der Waals surface area (Å²) in [5, 5.41) is 0.233. The van der Waals surface area contributed by atoms with Crippen LogP contribution in [0.4, 0.5) is 10.1 Å². The monoisotopic (exact) mass is 318 g/mol. The summed E-state index contributed by atoms with van der Waals surface area (Å²) < 4.78 is 40.4. The molecule has 0 radical (unpaired) electrons. The van der Waals surface area contributed by atoms with Crippen LogP contribution in [0.15, 0.2) is 17.0 Å². The van der Waals surface area contributed by atoms with Crippen molar-refractivity contribution in [3.8, 4) is 0 Å². The highest BCUT2D eigenvalue weighted by Crippen LogP contribution is 2.31. The lowest BCUT2D eigenvalue weighted by molar-refractivity contribution is 0.340. The second-order valence-electron chi connectivity index (χ2n) is 5.07. The second-order valence-corrected chi connectivity index (χ2v) is 8.42. The van der Waals surface area contributed by atoms with Crippen molar-refractivity contribution < 1.29 is 12.8 Å². The Bertz CT molecular complexity index is 619. The van der Waals surface area contributed by atoms with Crippen molar-refractivity contribution in [2.24, 2.45) is 0 Å². The third-order valence-electron chi connectivity index (χ3n) is 3.71. The molecule has 2 N–H and O–H groups in total. The molecule has 1 aliphatic rings. The number of rotatable bonds is 2. The van der Waals surface area contributed by atoms with Crippen LogP contribution in [0.5, 0.6) is 0 Å². The molecular weight excluding hydrogens is 299 g/mol. The zero-order valence-electron chi connectivity index (χ0n) is 11.8. The number of nitrogen functional groups attached to an aromatic ring is 1. The van der Waals surface area contributed by atoms with Crippen LogP contribution in [0.3, 0.4) is 0 Å². The quantitative estimate of drug-likeness (QED) is 0.849. The zero-order chi connectivity index (χ0) is 15.1. The van der Waals surface area contributed by atoms with Gasteiger partial charge in [-0.3, -0.25) is 0 Å². The van der Waals surface area contributed by atoms with Gasteiger partial charge in [-0.1, -0.05) is 6.92 Å². The van der Waals surface area contributed by atoms with Gasteiger partial charge in [0.05, 0.1) is 10.6 Å². The second kappa shape index (κ2) is 5.54. The molecule has 2 atom stereocenters. The molecule has 1 heterocycles. The molecule has 0 spiro atoms. The Morgan fingerprint density at radius 1 is 1.40 bits per heavy atom. The fourth-order valence-electron chi connectivity index (χ4n) is 2.32. The number of thioether (sulfide) groups is 1. The van der Waals surface area contributed by atoms with Crippen LogP contribution in [0, 0.1) is 12.7 Å². The third-order valence-corrected chi connectivity index (χ3v) is 7.17. The van der Waals surface area contributed by atoms with Crippen LogP contribution in [-0.2, 0) is 10.0 Å². The van der Waals surface area contributed by atoms with Crippen molar-refractivity contribution in [3.63, 3.8) is 0 Å². The fourth-order valence-corrected chi connectivity index (χ4v) is 5.56. The number of aryl methyl sites for hydroxylation is 1. The molecule has 0 aliphatic carbocycles. The Morgan fingerprint density at radius 2 is 2.05 bits per heavy atom. The van der Waals surface area contributed by atoms with Gasteiger partial charge in [0.2, 0.25) is 10.0 Å². The van der Waals surface area contributed by atoms with Gasteiger partial charge in [-0.05, 0) is 31.5 Å². The Balaban J connectivity index is 2.47. The van der Waals surface area contributed by atoms with Gasteiger partial charge in [-0.15, -0.1) is 0 Å². The zero-order valence-corrected chi connectivity index (χ0v) is 13.4. The molecule has 20 heavy (non-hydrogen) atoms. The van der Waals surface area contributed by atoms with Crippen molar-refractivity contribution in [2.75, 3.05) is 18.0 Å². The number of nitrogens with two attached hydrogens (primary N) is 1. The number of benzene rings is 1. The van der Waals surface area contributed by atoms with Crippen LogP contribution in [0.2, 0.25) is 0 Å². The molecule has 0 bridgehead atoms. The van der Waals surface area contributed by atoms with E-state index in [2.05, 4.69) is 0 Å². The van der Waals surface area contributed by atoms with Crippen molar-refractivity contribution in [1.29, 1.82) is 0 Å². The topological polar surface area (TPSA) is 63.4 Å². The van der Waals surface area contributed by atoms with Crippen molar-refractivity contribution >= 4 is 27.5 Å². The third kappa shape index (κ3) is 2.66. The lowest BCUT2D eigenvalue weighted by atomic mass is 10.2. The van der Waals surface area contributed by atoms with E-state index in [1.807, 2.05) is 13.8 Å². The van der Waals surface area contributed by atoms with Gasteiger partial charge in [-0.2, -0.15) is 16.1 Å². The van der Waals surface area contributed by atoms with Gasteiger partial charge >= 0.3 is 0 Å². The maximum absolute atomic E-state index is 13.4. The standard InChI is InChI=1S/C13H19FN2O2S2/c1-8-6-11(14)12(15)7-13(8)20(17,18)16-4-5-19-10(3)9(16)2/h6-7,9-10H,4-5,15H2,1-3H3. The molecule has 1 aromatic rings. The molecule has 0 amide bonds. The molecule has 2 unspecified atom stereocenters. The van der Waals surface area contributed by atoms with E-state index in [0.29, 0.717) is 12.1 Å². The van der Waals surface area contributed by atoms with Crippen LogP contribution >= 0.6 is 11.8 Å². The highest BCUT2D eigenvalue weighted by molar-refractivity contribution is 8.00. The lowest BCUT2D eigenvalue weighted by Crippen LogP contribution is -2.47. The van der Waals surface area contributed by atoms with Gasteiger partial charge in [0.1, 0.15) is 5.82 Å².